The fourth-order valence-corrected chi connectivity index (χ4v) is 3.44. The molecule has 0 aliphatic carbocycles. The lowest BCUT2D eigenvalue weighted by atomic mass is 10.2. The van der Waals surface area contributed by atoms with Crippen molar-refractivity contribution in [2.24, 2.45) is 0 Å². The van der Waals surface area contributed by atoms with Gasteiger partial charge in [-0.1, -0.05) is 30.3 Å². The van der Waals surface area contributed by atoms with Crippen LogP contribution in [0.25, 0.3) is 0 Å². The van der Waals surface area contributed by atoms with Crippen LogP contribution in [0.4, 0.5) is 5.69 Å². The first-order valence-corrected chi connectivity index (χ1v) is 9.41. The van der Waals surface area contributed by atoms with E-state index in [9.17, 15) is 0 Å². The zero-order valence-electron chi connectivity index (χ0n) is 14.3. The van der Waals surface area contributed by atoms with E-state index >= 15 is 0 Å². The average molecular weight is 364 g/mol. The summed E-state index contributed by atoms with van der Waals surface area (Å²) in [5, 5.41) is 3.40. The smallest absolute Gasteiger partial charge is 0.128 e. The standard InChI is InChI=1S/C21H20N2O2S/c1-2-4-16(5-3-1)15-24-17-6-8-18(9-7-17)25-19-10-11-20-21(14-19)26-23-13-12-22-20/h1-11,14,22-23H,12-13,15H2. The zero-order chi connectivity index (χ0) is 17.6. The highest BCUT2D eigenvalue weighted by molar-refractivity contribution is 7.97. The van der Waals surface area contributed by atoms with Crippen molar-refractivity contribution >= 4 is 17.6 Å². The first-order valence-electron chi connectivity index (χ1n) is 8.59. The lowest BCUT2D eigenvalue weighted by molar-refractivity contribution is 0.306. The number of anilines is 1. The number of nitrogens with one attached hydrogen (secondary N) is 2. The molecule has 0 aromatic heterocycles. The van der Waals surface area contributed by atoms with E-state index in [1.54, 1.807) is 11.9 Å². The van der Waals surface area contributed by atoms with Crippen molar-refractivity contribution < 1.29 is 9.47 Å². The first-order chi connectivity index (χ1) is 12.9. The molecular weight excluding hydrogens is 344 g/mol. The molecule has 1 aliphatic rings. The molecular formula is C21H20N2O2S. The number of benzene rings is 3. The zero-order valence-corrected chi connectivity index (χ0v) is 15.1. The average Bonchev–Trinajstić information content (AvgIpc) is 2.93. The van der Waals surface area contributed by atoms with Crippen molar-refractivity contribution in [1.29, 1.82) is 0 Å². The third-order valence-corrected chi connectivity index (χ3v) is 4.89. The number of hydrogen-bond acceptors (Lipinski definition) is 5. The van der Waals surface area contributed by atoms with Gasteiger partial charge in [0.1, 0.15) is 23.9 Å². The van der Waals surface area contributed by atoms with Crippen LogP contribution in [-0.4, -0.2) is 13.1 Å². The Morgan fingerprint density at radius 1 is 0.808 bits per heavy atom. The minimum absolute atomic E-state index is 0.559. The third-order valence-electron chi connectivity index (χ3n) is 3.99. The largest absolute Gasteiger partial charge is 0.489 e. The van der Waals surface area contributed by atoms with E-state index in [1.165, 1.54) is 0 Å². The normalized spacial score (nSPS) is 13.2. The molecule has 132 valence electrons. The Labute approximate surface area is 157 Å². The molecule has 0 unspecified atom stereocenters. The fourth-order valence-electron chi connectivity index (χ4n) is 2.65. The van der Waals surface area contributed by atoms with E-state index in [0.717, 1.165) is 46.5 Å². The summed E-state index contributed by atoms with van der Waals surface area (Å²) in [6, 6.07) is 23.9. The number of hydrogen-bond donors (Lipinski definition) is 2. The Morgan fingerprint density at radius 3 is 2.42 bits per heavy atom. The number of ether oxygens (including phenoxy) is 2. The summed E-state index contributed by atoms with van der Waals surface area (Å²) in [5.41, 5.74) is 2.29. The van der Waals surface area contributed by atoms with Gasteiger partial charge in [0.15, 0.2) is 0 Å². The van der Waals surface area contributed by atoms with Gasteiger partial charge in [-0.15, -0.1) is 0 Å². The van der Waals surface area contributed by atoms with E-state index in [0.29, 0.717) is 6.61 Å². The summed E-state index contributed by atoms with van der Waals surface area (Å²) in [5.74, 6) is 2.43. The van der Waals surface area contributed by atoms with E-state index < -0.39 is 0 Å². The molecule has 5 heteroatoms. The highest BCUT2D eigenvalue weighted by Gasteiger charge is 2.09. The Kier molecular flexibility index (Phi) is 5.28. The van der Waals surface area contributed by atoms with Crippen LogP contribution in [0.15, 0.2) is 77.7 Å². The molecule has 4 rings (SSSR count). The predicted octanol–water partition coefficient (Wildman–Crippen LogP) is 5.08. The topological polar surface area (TPSA) is 42.5 Å². The van der Waals surface area contributed by atoms with Crippen molar-refractivity contribution in [2.45, 2.75) is 11.5 Å². The fraction of sp³-hybridized carbons (Fsp3) is 0.143. The van der Waals surface area contributed by atoms with Crippen molar-refractivity contribution in [1.82, 2.24) is 4.72 Å². The van der Waals surface area contributed by atoms with E-state index in [-0.39, 0.29) is 0 Å². The molecule has 3 aromatic carbocycles. The van der Waals surface area contributed by atoms with Gasteiger partial charge in [-0.05, 0) is 60.0 Å². The quantitative estimate of drug-likeness (QED) is 0.618. The molecule has 0 radical (unpaired) electrons. The molecule has 3 aromatic rings. The second-order valence-electron chi connectivity index (χ2n) is 5.93. The third kappa shape index (κ3) is 4.31. The van der Waals surface area contributed by atoms with Crippen molar-refractivity contribution in [3.8, 4) is 17.2 Å². The molecule has 0 fully saturated rings. The van der Waals surface area contributed by atoms with E-state index in [1.807, 2.05) is 54.6 Å². The monoisotopic (exact) mass is 364 g/mol. The summed E-state index contributed by atoms with van der Waals surface area (Å²) in [4.78, 5) is 1.14. The first kappa shape index (κ1) is 16.8. The minimum atomic E-state index is 0.559. The van der Waals surface area contributed by atoms with E-state index in [2.05, 4.69) is 28.2 Å². The van der Waals surface area contributed by atoms with Crippen molar-refractivity contribution in [3.05, 3.63) is 78.4 Å². The number of fused-ring (bicyclic) bond motifs is 1. The SMILES string of the molecule is c1ccc(COc2ccc(Oc3ccc4c(c3)SNCCN4)cc2)cc1. The molecule has 4 nitrogen and oxygen atoms in total. The van der Waals surface area contributed by atoms with Crippen LogP contribution >= 0.6 is 11.9 Å². The van der Waals surface area contributed by atoms with Gasteiger partial charge in [0.05, 0.1) is 0 Å². The summed E-state index contributed by atoms with van der Waals surface area (Å²) in [6.07, 6.45) is 0. The molecule has 0 bridgehead atoms. The minimum Gasteiger partial charge on any atom is -0.489 e. The molecule has 0 saturated carbocycles. The second kappa shape index (κ2) is 8.17. The maximum atomic E-state index is 5.98. The van der Waals surface area contributed by atoms with Crippen LogP contribution in [0, 0.1) is 0 Å². The Hall–Kier alpha value is -2.63. The lowest BCUT2D eigenvalue weighted by Crippen LogP contribution is -2.12. The highest BCUT2D eigenvalue weighted by Crippen LogP contribution is 2.33. The Bertz CT molecular complexity index is 854. The van der Waals surface area contributed by atoms with Gasteiger partial charge in [-0.25, -0.2) is 0 Å². The summed E-state index contributed by atoms with van der Waals surface area (Å²) < 4.78 is 15.1. The molecule has 1 heterocycles. The van der Waals surface area contributed by atoms with Gasteiger partial charge in [0.25, 0.3) is 0 Å². The summed E-state index contributed by atoms with van der Waals surface area (Å²) in [7, 11) is 0. The van der Waals surface area contributed by atoms with Gasteiger partial charge >= 0.3 is 0 Å². The van der Waals surface area contributed by atoms with Gasteiger partial charge in [0.2, 0.25) is 0 Å². The molecule has 0 spiro atoms. The second-order valence-corrected chi connectivity index (χ2v) is 6.86. The van der Waals surface area contributed by atoms with E-state index in [4.69, 9.17) is 9.47 Å². The predicted molar refractivity (Wildman–Crippen MR) is 106 cm³/mol. The van der Waals surface area contributed by atoms with Crippen LogP contribution in [0.2, 0.25) is 0 Å². The highest BCUT2D eigenvalue weighted by atomic mass is 32.2. The molecule has 1 aliphatic heterocycles. The lowest BCUT2D eigenvalue weighted by Gasteiger charge is -2.11. The van der Waals surface area contributed by atoms with Gasteiger partial charge < -0.3 is 14.8 Å². The van der Waals surface area contributed by atoms with Crippen LogP contribution in [0.3, 0.4) is 0 Å². The van der Waals surface area contributed by atoms with Gasteiger partial charge in [-0.2, -0.15) is 0 Å². The molecule has 2 N–H and O–H groups in total. The molecule has 0 amide bonds. The molecule has 26 heavy (non-hydrogen) atoms. The molecule has 0 atom stereocenters. The summed E-state index contributed by atoms with van der Waals surface area (Å²) in [6.45, 7) is 2.41. The van der Waals surface area contributed by atoms with Crippen LogP contribution in [0.5, 0.6) is 17.2 Å². The van der Waals surface area contributed by atoms with Crippen molar-refractivity contribution in [3.63, 3.8) is 0 Å². The Morgan fingerprint density at radius 2 is 1.58 bits per heavy atom. The number of rotatable bonds is 5. The van der Waals surface area contributed by atoms with Crippen LogP contribution in [0.1, 0.15) is 5.56 Å². The maximum Gasteiger partial charge on any atom is 0.128 e. The van der Waals surface area contributed by atoms with Gasteiger partial charge in [0, 0.05) is 23.7 Å². The van der Waals surface area contributed by atoms with Crippen molar-refractivity contribution in [2.75, 3.05) is 18.4 Å². The maximum absolute atomic E-state index is 5.98. The van der Waals surface area contributed by atoms with Gasteiger partial charge in [-0.3, -0.25) is 4.72 Å². The Balaban J connectivity index is 1.39. The van der Waals surface area contributed by atoms with Crippen LogP contribution < -0.4 is 19.5 Å². The molecule has 0 saturated heterocycles. The summed E-state index contributed by atoms with van der Waals surface area (Å²) >= 11 is 1.63. The van der Waals surface area contributed by atoms with Crippen LogP contribution in [-0.2, 0) is 6.61 Å².